The van der Waals surface area contributed by atoms with E-state index in [2.05, 4.69) is 24.4 Å². The Kier molecular flexibility index (Phi) is 5.96. The Morgan fingerprint density at radius 1 is 1.41 bits per heavy atom. The van der Waals surface area contributed by atoms with Gasteiger partial charge in [-0.15, -0.1) is 0 Å². The minimum absolute atomic E-state index is 0.276. The van der Waals surface area contributed by atoms with Crippen LogP contribution in [0.5, 0.6) is 0 Å². The molecule has 96 valence electrons. The number of aryl methyl sites for hydroxylation is 1. The second-order valence-electron chi connectivity index (χ2n) is 4.50. The third kappa shape index (κ3) is 3.70. The first-order valence-corrected chi connectivity index (χ1v) is 6.40. The highest BCUT2D eigenvalue weighted by atomic mass is 35.5. The molecule has 1 rings (SSSR count). The molecular formula is C14H22ClNO. The lowest BCUT2D eigenvalue weighted by Gasteiger charge is -2.25. The summed E-state index contributed by atoms with van der Waals surface area (Å²) in [5, 5.41) is 4.23. The highest BCUT2D eigenvalue weighted by Crippen LogP contribution is 2.31. The van der Waals surface area contributed by atoms with E-state index in [1.165, 1.54) is 5.56 Å². The maximum Gasteiger partial charge on any atom is 0.0483 e. The smallest absolute Gasteiger partial charge is 0.0483 e. The van der Waals surface area contributed by atoms with Crippen LogP contribution in [0.25, 0.3) is 0 Å². The van der Waals surface area contributed by atoms with Gasteiger partial charge in [-0.25, -0.2) is 0 Å². The second kappa shape index (κ2) is 7.00. The number of hydrogen-bond acceptors (Lipinski definition) is 2. The van der Waals surface area contributed by atoms with Crippen molar-refractivity contribution in [3.8, 4) is 0 Å². The zero-order chi connectivity index (χ0) is 12.8. The molecule has 0 fully saturated rings. The SMILES string of the molecule is CNC(c1cccc(C)c1Cl)C(C)CCOC. The predicted molar refractivity (Wildman–Crippen MR) is 73.6 cm³/mol. The van der Waals surface area contributed by atoms with Crippen molar-refractivity contribution in [3.63, 3.8) is 0 Å². The van der Waals surface area contributed by atoms with Crippen LogP contribution < -0.4 is 5.32 Å². The molecule has 1 N–H and O–H groups in total. The van der Waals surface area contributed by atoms with Crippen LogP contribution in [0.3, 0.4) is 0 Å². The van der Waals surface area contributed by atoms with Gasteiger partial charge in [-0.05, 0) is 37.4 Å². The topological polar surface area (TPSA) is 21.3 Å². The zero-order valence-electron chi connectivity index (χ0n) is 11.1. The number of hydrogen-bond donors (Lipinski definition) is 1. The summed E-state index contributed by atoms with van der Waals surface area (Å²) in [6.07, 6.45) is 1.02. The number of benzene rings is 1. The van der Waals surface area contributed by atoms with E-state index in [1.54, 1.807) is 7.11 Å². The van der Waals surface area contributed by atoms with Crippen LogP contribution in [0, 0.1) is 12.8 Å². The molecule has 1 aromatic carbocycles. The third-order valence-corrected chi connectivity index (χ3v) is 3.73. The van der Waals surface area contributed by atoms with E-state index in [0.29, 0.717) is 5.92 Å². The summed E-state index contributed by atoms with van der Waals surface area (Å²) in [6.45, 7) is 5.04. The van der Waals surface area contributed by atoms with Gasteiger partial charge in [0.2, 0.25) is 0 Å². The van der Waals surface area contributed by atoms with E-state index >= 15 is 0 Å². The Bertz CT molecular complexity index is 354. The molecule has 2 unspecified atom stereocenters. The van der Waals surface area contributed by atoms with Crippen molar-refractivity contribution in [2.24, 2.45) is 5.92 Å². The van der Waals surface area contributed by atoms with Crippen molar-refractivity contribution >= 4 is 11.6 Å². The average molecular weight is 256 g/mol. The van der Waals surface area contributed by atoms with Gasteiger partial charge < -0.3 is 10.1 Å². The third-order valence-electron chi connectivity index (χ3n) is 3.21. The van der Waals surface area contributed by atoms with Crippen LogP contribution in [0.15, 0.2) is 18.2 Å². The molecule has 17 heavy (non-hydrogen) atoms. The van der Waals surface area contributed by atoms with Crippen molar-refractivity contribution in [2.75, 3.05) is 20.8 Å². The van der Waals surface area contributed by atoms with Gasteiger partial charge in [0, 0.05) is 24.8 Å². The number of ether oxygens (including phenoxy) is 1. The van der Waals surface area contributed by atoms with Crippen LogP contribution in [-0.4, -0.2) is 20.8 Å². The number of rotatable bonds is 6. The second-order valence-corrected chi connectivity index (χ2v) is 4.88. The van der Waals surface area contributed by atoms with E-state index in [-0.39, 0.29) is 6.04 Å². The van der Waals surface area contributed by atoms with E-state index in [9.17, 15) is 0 Å². The summed E-state index contributed by atoms with van der Waals surface area (Å²) in [5.41, 5.74) is 2.31. The van der Waals surface area contributed by atoms with Crippen molar-refractivity contribution in [2.45, 2.75) is 26.3 Å². The molecule has 3 heteroatoms. The normalized spacial score (nSPS) is 14.6. The van der Waals surface area contributed by atoms with Crippen molar-refractivity contribution < 1.29 is 4.74 Å². The molecule has 2 atom stereocenters. The molecule has 1 aromatic rings. The van der Waals surface area contributed by atoms with E-state index < -0.39 is 0 Å². The number of nitrogens with one attached hydrogen (secondary N) is 1. The maximum absolute atomic E-state index is 6.37. The van der Waals surface area contributed by atoms with E-state index in [1.807, 2.05) is 20.0 Å². The summed E-state index contributed by atoms with van der Waals surface area (Å²) >= 11 is 6.37. The highest BCUT2D eigenvalue weighted by molar-refractivity contribution is 6.32. The molecule has 0 bridgehead atoms. The fourth-order valence-corrected chi connectivity index (χ4v) is 2.37. The molecular weight excluding hydrogens is 234 g/mol. The first-order valence-electron chi connectivity index (χ1n) is 6.03. The van der Waals surface area contributed by atoms with Crippen molar-refractivity contribution in [3.05, 3.63) is 34.3 Å². The minimum Gasteiger partial charge on any atom is -0.385 e. The molecule has 0 saturated heterocycles. The Hall–Kier alpha value is -0.570. The van der Waals surface area contributed by atoms with Gasteiger partial charge in [-0.3, -0.25) is 0 Å². The lowest BCUT2D eigenvalue weighted by atomic mass is 9.91. The zero-order valence-corrected chi connectivity index (χ0v) is 11.8. The van der Waals surface area contributed by atoms with Gasteiger partial charge in [0.1, 0.15) is 0 Å². The highest BCUT2D eigenvalue weighted by Gasteiger charge is 2.20. The molecule has 2 nitrogen and oxygen atoms in total. The molecule has 0 amide bonds. The Labute approximate surface area is 109 Å². The molecule has 0 heterocycles. The molecule has 0 aliphatic heterocycles. The largest absolute Gasteiger partial charge is 0.385 e. The number of halogens is 1. The Balaban J connectivity index is 2.89. The standard InChI is InChI=1S/C14H22ClNO/c1-10-6-5-7-12(13(10)15)14(16-3)11(2)8-9-17-4/h5-7,11,14,16H,8-9H2,1-4H3. The van der Waals surface area contributed by atoms with Crippen molar-refractivity contribution in [1.29, 1.82) is 0 Å². The monoisotopic (exact) mass is 255 g/mol. The lowest BCUT2D eigenvalue weighted by Crippen LogP contribution is -2.24. The Morgan fingerprint density at radius 2 is 2.12 bits per heavy atom. The van der Waals surface area contributed by atoms with Crippen LogP contribution in [0.4, 0.5) is 0 Å². The summed E-state index contributed by atoms with van der Waals surface area (Å²) in [6, 6.07) is 6.47. The molecule has 0 aliphatic rings. The van der Waals surface area contributed by atoms with Gasteiger partial charge in [0.05, 0.1) is 0 Å². The number of methoxy groups -OCH3 is 1. The van der Waals surface area contributed by atoms with Crippen LogP contribution in [0.2, 0.25) is 5.02 Å². The molecule has 0 spiro atoms. The molecule has 0 aromatic heterocycles. The average Bonchev–Trinajstić information content (AvgIpc) is 2.32. The summed E-state index contributed by atoms with van der Waals surface area (Å²) in [5.74, 6) is 0.485. The summed E-state index contributed by atoms with van der Waals surface area (Å²) in [4.78, 5) is 0. The lowest BCUT2D eigenvalue weighted by molar-refractivity contribution is 0.171. The predicted octanol–water partition coefficient (Wildman–Crippen LogP) is 3.58. The van der Waals surface area contributed by atoms with Gasteiger partial charge in [-0.1, -0.05) is 36.7 Å². The van der Waals surface area contributed by atoms with Crippen molar-refractivity contribution in [1.82, 2.24) is 5.32 Å². The van der Waals surface area contributed by atoms with Gasteiger partial charge >= 0.3 is 0 Å². The minimum atomic E-state index is 0.276. The first-order chi connectivity index (χ1) is 8.11. The maximum atomic E-state index is 6.37. The summed E-state index contributed by atoms with van der Waals surface area (Å²) < 4.78 is 5.14. The van der Waals surface area contributed by atoms with Gasteiger partial charge in [0.15, 0.2) is 0 Å². The molecule has 0 radical (unpaired) electrons. The Morgan fingerprint density at radius 3 is 2.71 bits per heavy atom. The summed E-state index contributed by atoms with van der Waals surface area (Å²) in [7, 11) is 3.72. The first kappa shape index (κ1) is 14.5. The fraction of sp³-hybridized carbons (Fsp3) is 0.571. The molecule has 0 saturated carbocycles. The quantitative estimate of drug-likeness (QED) is 0.839. The van der Waals surface area contributed by atoms with Crippen LogP contribution in [-0.2, 0) is 4.74 Å². The van der Waals surface area contributed by atoms with Crippen LogP contribution in [0.1, 0.15) is 30.5 Å². The van der Waals surface area contributed by atoms with E-state index in [0.717, 1.165) is 23.6 Å². The fourth-order valence-electron chi connectivity index (χ4n) is 2.13. The van der Waals surface area contributed by atoms with Gasteiger partial charge in [-0.2, -0.15) is 0 Å². The van der Waals surface area contributed by atoms with Crippen LogP contribution >= 0.6 is 11.6 Å². The van der Waals surface area contributed by atoms with Gasteiger partial charge in [0.25, 0.3) is 0 Å². The van der Waals surface area contributed by atoms with E-state index in [4.69, 9.17) is 16.3 Å². The molecule has 0 aliphatic carbocycles.